The molecule has 1 fully saturated rings. The monoisotopic (exact) mass is 377 g/mol. The number of H-pyrrole nitrogens is 1. The highest BCUT2D eigenvalue weighted by Crippen LogP contribution is 2.25. The van der Waals surface area contributed by atoms with Crippen molar-refractivity contribution in [3.05, 3.63) is 65.9 Å². The molecule has 3 aromatic rings. The van der Waals surface area contributed by atoms with E-state index in [4.69, 9.17) is 5.11 Å². The van der Waals surface area contributed by atoms with E-state index in [-0.39, 0.29) is 0 Å². The first kappa shape index (κ1) is 18.3. The van der Waals surface area contributed by atoms with Crippen molar-refractivity contribution in [2.45, 2.75) is 25.8 Å². The number of piperidine rings is 1. The van der Waals surface area contributed by atoms with E-state index in [1.807, 2.05) is 12.1 Å². The number of carboxylic acid groups (broad SMARTS) is 1. The number of likely N-dealkylation sites (tertiary alicyclic amines) is 1. The van der Waals surface area contributed by atoms with E-state index < -0.39 is 5.97 Å². The van der Waals surface area contributed by atoms with E-state index in [1.165, 1.54) is 6.42 Å². The topological polar surface area (TPSA) is 95.0 Å². The number of hydrogen-bond acceptors (Lipinski definition) is 5. The summed E-state index contributed by atoms with van der Waals surface area (Å²) in [5.74, 6) is 0.382. The third kappa shape index (κ3) is 4.26. The molecule has 1 aromatic carbocycles. The molecule has 1 aliphatic rings. The molecule has 2 aromatic heterocycles. The number of benzene rings is 1. The molecule has 1 unspecified atom stereocenters. The summed E-state index contributed by atoms with van der Waals surface area (Å²) < 4.78 is 0. The van der Waals surface area contributed by atoms with Crippen molar-refractivity contribution in [2.24, 2.45) is 5.92 Å². The Morgan fingerprint density at radius 1 is 1.14 bits per heavy atom. The van der Waals surface area contributed by atoms with Crippen molar-refractivity contribution in [3.63, 3.8) is 0 Å². The minimum Gasteiger partial charge on any atom is -0.478 e. The minimum absolute atomic E-state index is 0.327. The molecule has 3 heterocycles. The molecule has 4 rings (SSSR count). The molecule has 7 heteroatoms. The van der Waals surface area contributed by atoms with Gasteiger partial charge in [-0.05, 0) is 49.4 Å². The zero-order valence-corrected chi connectivity index (χ0v) is 15.6. The van der Waals surface area contributed by atoms with Crippen LogP contribution in [0.1, 0.15) is 34.5 Å². The summed E-state index contributed by atoms with van der Waals surface area (Å²) in [6.07, 6.45) is 10.2. The van der Waals surface area contributed by atoms with Gasteiger partial charge in [-0.3, -0.25) is 9.88 Å². The fourth-order valence-electron chi connectivity index (χ4n) is 3.85. The highest BCUT2D eigenvalue weighted by Gasteiger charge is 2.23. The Morgan fingerprint density at radius 2 is 1.96 bits per heavy atom. The molecule has 0 bridgehead atoms. The lowest BCUT2D eigenvalue weighted by Gasteiger charge is -2.32. The predicted molar refractivity (Wildman–Crippen MR) is 105 cm³/mol. The number of carboxylic acids is 1. The SMILES string of the molecule is O=C(O)c1ccc(CN2CCCC(Cc3nccnc3-c3ncc[nH]3)C2)cc1. The fraction of sp³-hybridized carbons (Fsp3) is 0.333. The lowest BCUT2D eigenvalue weighted by molar-refractivity contribution is 0.0697. The summed E-state index contributed by atoms with van der Waals surface area (Å²) in [4.78, 5) is 29.9. The molecule has 1 saturated heterocycles. The second kappa shape index (κ2) is 8.31. The molecular formula is C21H23N5O2. The van der Waals surface area contributed by atoms with Gasteiger partial charge in [-0.1, -0.05) is 12.1 Å². The van der Waals surface area contributed by atoms with Crippen LogP contribution in [0, 0.1) is 5.92 Å². The van der Waals surface area contributed by atoms with E-state index in [1.54, 1.807) is 36.9 Å². The van der Waals surface area contributed by atoms with Crippen molar-refractivity contribution < 1.29 is 9.90 Å². The number of rotatable bonds is 6. The van der Waals surface area contributed by atoms with Gasteiger partial charge in [-0.2, -0.15) is 0 Å². The molecule has 144 valence electrons. The van der Waals surface area contributed by atoms with Crippen LogP contribution in [0.2, 0.25) is 0 Å². The zero-order valence-electron chi connectivity index (χ0n) is 15.6. The average Bonchev–Trinajstić information content (AvgIpc) is 3.24. The van der Waals surface area contributed by atoms with E-state index >= 15 is 0 Å². The third-order valence-corrected chi connectivity index (χ3v) is 5.19. The van der Waals surface area contributed by atoms with Crippen LogP contribution >= 0.6 is 0 Å². The average molecular weight is 377 g/mol. The number of carbonyl (C=O) groups is 1. The number of aromatic carboxylic acids is 1. The number of hydrogen-bond donors (Lipinski definition) is 2. The summed E-state index contributed by atoms with van der Waals surface area (Å²) in [6, 6.07) is 7.16. The van der Waals surface area contributed by atoms with Gasteiger partial charge >= 0.3 is 5.97 Å². The number of imidazole rings is 1. The van der Waals surface area contributed by atoms with Gasteiger partial charge in [-0.25, -0.2) is 14.8 Å². The molecule has 0 saturated carbocycles. The molecule has 0 spiro atoms. The Hall–Kier alpha value is -3.06. The smallest absolute Gasteiger partial charge is 0.335 e. The highest BCUT2D eigenvalue weighted by molar-refractivity contribution is 5.87. The van der Waals surface area contributed by atoms with Crippen molar-refractivity contribution in [2.75, 3.05) is 13.1 Å². The Bertz CT molecular complexity index is 924. The Labute approximate surface area is 163 Å². The molecule has 0 aliphatic carbocycles. The van der Waals surface area contributed by atoms with Crippen LogP contribution in [0.5, 0.6) is 0 Å². The lowest BCUT2D eigenvalue weighted by atomic mass is 9.92. The van der Waals surface area contributed by atoms with Gasteiger partial charge < -0.3 is 10.1 Å². The van der Waals surface area contributed by atoms with Gasteiger partial charge in [0.25, 0.3) is 0 Å². The maximum atomic E-state index is 11.0. The normalized spacial score (nSPS) is 17.5. The van der Waals surface area contributed by atoms with Gasteiger partial charge in [0.2, 0.25) is 0 Å². The predicted octanol–water partition coefficient (Wildman–Crippen LogP) is 3.02. The summed E-state index contributed by atoms with van der Waals surface area (Å²) in [7, 11) is 0. The van der Waals surface area contributed by atoms with Crippen molar-refractivity contribution in [3.8, 4) is 11.5 Å². The molecule has 28 heavy (non-hydrogen) atoms. The van der Waals surface area contributed by atoms with Crippen LogP contribution < -0.4 is 0 Å². The Morgan fingerprint density at radius 3 is 2.71 bits per heavy atom. The van der Waals surface area contributed by atoms with Gasteiger partial charge in [0.15, 0.2) is 5.82 Å². The zero-order chi connectivity index (χ0) is 19.3. The first-order valence-electron chi connectivity index (χ1n) is 9.53. The maximum Gasteiger partial charge on any atom is 0.335 e. The largest absolute Gasteiger partial charge is 0.478 e. The van der Waals surface area contributed by atoms with Gasteiger partial charge in [0.1, 0.15) is 5.69 Å². The van der Waals surface area contributed by atoms with Gasteiger partial charge in [0, 0.05) is 37.9 Å². The number of aromatic nitrogens is 4. The van der Waals surface area contributed by atoms with Crippen LogP contribution in [-0.2, 0) is 13.0 Å². The quantitative estimate of drug-likeness (QED) is 0.686. The second-order valence-electron chi connectivity index (χ2n) is 7.24. The van der Waals surface area contributed by atoms with Crippen molar-refractivity contribution >= 4 is 5.97 Å². The number of nitrogens with one attached hydrogen (secondary N) is 1. The van der Waals surface area contributed by atoms with Crippen LogP contribution in [-0.4, -0.2) is 49.0 Å². The summed E-state index contributed by atoms with van der Waals surface area (Å²) >= 11 is 0. The first-order chi connectivity index (χ1) is 13.7. The molecular weight excluding hydrogens is 354 g/mol. The standard InChI is InChI=1S/C21H23N5O2/c27-21(28)17-5-3-15(4-6-17)13-26-11-1-2-16(14-26)12-18-19(23-8-7-22-18)20-24-9-10-25-20/h3-10,16H,1-2,11-14H2,(H,24,25)(H,27,28). The van der Waals surface area contributed by atoms with E-state index in [0.29, 0.717) is 11.5 Å². The highest BCUT2D eigenvalue weighted by atomic mass is 16.4. The second-order valence-corrected chi connectivity index (χ2v) is 7.24. The minimum atomic E-state index is -0.888. The lowest BCUT2D eigenvalue weighted by Crippen LogP contribution is -2.36. The fourth-order valence-corrected chi connectivity index (χ4v) is 3.85. The third-order valence-electron chi connectivity index (χ3n) is 5.19. The van der Waals surface area contributed by atoms with Crippen LogP contribution in [0.15, 0.2) is 49.1 Å². The van der Waals surface area contributed by atoms with E-state index in [9.17, 15) is 4.79 Å². The first-order valence-corrected chi connectivity index (χ1v) is 9.53. The van der Waals surface area contributed by atoms with Gasteiger partial charge in [0.05, 0.1) is 11.3 Å². The van der Waals surface area contributed by atoms with Crippen LogP contribution in [0.25, 0.3) is 11.5 Å². The van der Waals surface area contributed by atoms with Gasteiger partial charge in [-0.15, -0.1) is 0 Å². The summed E-state index contributed by atoms with van der Waals surface area (Å²) in [6.45, 7) is 2.89. The molecule has 2 N–H and O–H groups in total. The molecule has 1 atom stereocenters. The molecule has 7 nitrogen and oxygen atoms in total. The maximum absolute atomic E-state index is 11.0. The number of nitrogens with zero attached hydrogens (tertiary/aromatic N) is 4. The Balaban J connectivity index is 1.41. The van der Waals surface area contributed by atoms with Crippen molar-refractivity contribution in [1.82, 2.24) is 24.8 Å². The summed E-state index contributed by atoms with van der Waals surface area (Å²) in [5.41, 5.74) is 3.28. The van der Waals surface area contributed by atoms with E-state index in [2.05, 4.69) is 24.8 Å². The molecule has 1 aliphatic heterocycles. The Kier molecular flexibility index (Phi) is 5.43. The van der Waals surface area contributed by atoms with Crippen LogP contribution in [0.4, 0.5) is 0 Å². The van der Waals surface area contributed by atoms with E-state index in [0.717, 1.165) is 55.3 Å². The van der Waals surface area contributed by atoms with Crippen LogP contribution in [0.3, 0.4) is 0 Å². The number of aromatic amines is 1. The molecule has 0 radical (unpaired) electrons. The summed E-state index contributed by atoms with van der Waals surface area (Å²) in [5, 5.41) is 9.03. The molecule has 0 amide bonds. The van der Waals surface area contributed by atoms with Crippen molar-refractivity contribution in [1.29, 1.82) is 0 Å².